The average molecular weight is 424 g/mol. The first-order chi connectivity index (χ1) is 14.4. The lowest BCUT2D eigenvalue weighted by atomic mass is 10.2. The van der Waals surface area contributed by atoms with Crippen molar-refractivity contribution < 1.29 is 14.1 Å². The van der Waals surface area contributed by atoms with E-state index in [2.05, 4.69) is 10.3 Å². The van der Waals surface area contributed by atoms with Gasteiger partial charge in [-0.15, -0.1) is 11.3 Å². The Morgan fingerprint density at radius 3 is 2.70 bits per heavy atom. The van der Waals surface area contributed by atoms with Gasteiger partial charge in [-0.1, -0.05) is 30.3 Å². The largest absolute Gasteiger partial charge is 0.322 e. The first kappa shape index (κ1) is 19.4. The predicted molar refractivity (Wildman–Crippen MR) is 111 cm³/mol. The van der Waals surface area contributed by atoms with Crippen molar-refractivity contribution in [2.75, 3.05) is 5.32 Å². The van der Waals surface area contributed by atoms with Crippen molar-refractivity contribution in [3.8, 4) is 10.4 Å². The van der Waals surface area contributed by atoms with E-state index in [0.717, 1.165) is 33.2 Å². The summed E-state index contributed by atoms with van der Waals surface area (Å²) in [5.74, 6) is -1.53. The summed E-state index contributed by atoms with van der Waals surface area (Å²) in [5, 5.41) is 13.5. The smallest absolute Gasteiger partial charge is 0.271 e. The van der Waals surface area contributed by atoms with Crippen molar-refractivity contribution in [3.05, 3.63) is 87.2 Å². The van der Waals surface area contributed by atoms with Gasteiger partial charge in [-0.2, -0.15) is 0 Å². The number of halogens is 1. The molecule has 2 aromatic carbocycles. The Labute approximate surface area is 172 Å². The van der Waals surface area contributed by atoms with E-state index in [4.69, 9.17) is 0 Å². The van der Waals surface area contributed by atoms with E-state index in [1.165, 1.54) is 17.7 Å². The third-order valence-corrected chi connectivity index (χ3v) is 5.42. The molecule has 10 heteroatoms. The topological polar surface area (TPSA) is 107 Å². The lowest BCUT2D eigenvalue weighted by molar-refractivity contribution is -0.384. The number of non-ortho nitro benzene ring substituents is 1. The van der Waals surface area contributed by atoms with Gasteiger partial charge in [0.2, 0.25) is 5.91 Å². The number of carbonyl (C=O) groups is 1. The Kier molecular flexibility index (Phi) is 5.07. The average Bonchev–Trinajstić information content (AvgIpc) is 3.17. The van der Waals surface area contributed by atoms with Crippen molar-refractivity contribution in [2.24, 2.45) is 0 Å². The van der Waals surface area contributed by atoms with Crippen molar-refractivity contribution >= 4 is 38.8 Å². The molecule has 8 nitrogen and oxygen atoms in total. The van der Waals surface area contributed by atoms with Crippen LogP contribution in [-0.2, 0) is 11.3 Å². The van der Waals surface area contributed by atoms with Crippen LogP contribution in [0, 0.1) is 15.9 Å². The number of amides is 1. The Balaban J connectivity index is 1.59. The Morgan fingerprint density at radius 2 is 1.97 bits per heavy atom. The maximum atomic E-state index is 13.9. The number of nitro groups is 1. The highest BCUT2D eigenvalue weighted by atomic mass is 32.1. The fourth-order valence-electron chi connectivity index (χ4n) is 2.88. The highest BCUT2D eigenvalue weighted by Crippen LogP contribution is 2.30. The van der Waals surface area contributed by atoms with Crippen LogP contribution in [0.15, 0.2) is 65.7 Å². The van der Waals surface area contributed by atoms with Crippen molar-refractivity contribution in [3.63, 3.8) is 0 Å². The van der Waals surface area contributed by atoms with Crippen LogP contribution in [-0.4, -0.2) is 20.4 Å². The Morgan fingerprint density at radius 1 is 1.20 bits per heavy atom. The van der Waals surface area contributed by atoms with E-state index >= 15 is 0 Å². The summed E-state index contributed by atoms with van der Waals surface area (Å²) < 4.78 is 15.0. The minimum absolute atomic E-state index is 0.335. The van der Waals surface area contributed by atoms with Gasteiger partial charge >= 0.3 is 0 Å². The lowest BCUT2D eigenvalue weighted by Gasteiger charge is -2.08. The zero-order valence-corrected chi connectivity index (χ0v) is 16.1. The molecule has 4 rings (SSSR count). The van der Waals surface area contributed by atoms with E-state index in [0.29, 0.717) is 10.2 Å². The van der Waals surface area contributed by atoms with Crippen LogP contribution in [0.4, 0.5) is 15.8 Å². The van der Waals surface area contributed by atoms with Crippen LogP contribution >= 0.6 is 11.3 Å². The third-order valence-electron chi connectivity index (χ3n) is 4.33. The van der Waals surface area contributed by atoms with Gasteiger partial charge in [0, 0.05) is 17.0 Å². The molecule has 1 amide bonds. The van der Waals surface area contributed by atoms with E-state index in [-0.39, 0.29) is 11.4 Å². The van der Waals surface area contributed by atoms with Crippen molar-refractivity contribution in [1.29, 1.82) is 0 Å². The number of fused-ring (bicyclic) bond motifs is 1. The van der Waals surface area contributed by atoms with Crippen LogP contribution in [0.25, 0.3) is 20.7 Å². The van der Waals surface area contributed by atoms with Crippen LogP contribution in [0.5, 0.6) is 0 Å². The molecule has 1 N–H and O–H groups in total. The van der Waals surface area contributed by atoms with Gasteiger partial charge in [0.05, 0.1) is 22.3 Å². The summed E-state index contributed by atoms with van der Waals surface area (Å²) in [6, 6.07) is 14.0. The quantitative estimate of drug-likeness (QED) is 0.387. The molecule has 0 spiro atoms. The molecule has 0 aliphatic rings. The molecule has 0 unspecified atom stereocenters. The van der Waals surface area contributed by atoms with Crippen molar-refractivity contribution in [1.82, 2.24) is 9.55 Å². The number of hydrogen-bond acceptors (Lipinski definition) is 6. The molecular formula is C20H13FN4O4S. The van der Waals surface area contributed by atoms with E-state index in [1.807, 2.05) is 30.3 Å². The monoisotopic (exact) mass is 424 g/mol. The minimum atomic E-state index is -0.819. The zero-order chi connectivity index (χ0) is 21.3. The number of anilines is 1. The molecule has 2 heterocycles. The summed E-state index contributed by atoms with van der Waals surface area (Å²) in [7, 11) is 0. The van der Waals surface area contributed by atoms with Crippen LogP contribution in [0.2, 0.25) is 0 Å². The van der Waals surface area contributed by atoms with Gasteiger partial charge in [0.15, 0.2) is 0 Å². The second-order valence-corrected chi connectivity index (χ2v) is 7.37. The molecule has 0 saturated carbocycles. The fraction of sp³-hybridized carbons (Fsp3) is 0.0500. The number of benzene rings is 2. The number of nitrogens with one attached hydrogen (secondary N) is 1. The summed E-state index contributed by atoms with van der Waals surface area (Å²) in [5.41, 5.74) is -0.157. The van der Waals surface area contributed by atoms with Crippen LogP contribution in [0.3, 0.4) is 0 Å². The molecular weight excluding hydrogens is 411 g/mol. The molecule has 0 saturated heterocycles. The van der Waals surface area contributed by atoms with Gasteiger partial charge in [-0.3, -0.25) is 24.3 Å². The number of aromatic nitrogens is 2. The van der Waals surface area contributed by atoms with E-state index in [1.54, 1.807) is 6.07 Å². The van der Waals surface area contributed by atoms with Gasteiger partial charge in [0.25, 0.3) is 11.2 Å². The zero-order valence-electron chi connectivity index (χ0n) is 15.2. The van der Waals surface area contributed by atoms with Crippen LogP contribution in [0.1, 0.15) is 0 Å². The summed E-state index contributed by atoms with van der Waals surface area (Å²) in [4.78, 5) is 40.8. The molecule has 30 heavy (non-hydrogen) atoms. The molecule has 0 fully saturated rings. The van der Waals surface area contributed by atoms with Crippen LogP contribution < -0.4 is 10.9 Å². The SMILES string of the molecule is O=C(Cn1cnc2sc(-c3ccccc3)cc2c1=O)Nc1cc([N+](=O)[O-])ccc1F. The molecule has 0 radical (unpaired) electrons. The Hall–Kier alpha value is -3.92. The maximum absolute atomic E-state index is 13.9. The number of nitrogens with zero attached hydrogens (tertiary/aromatic N) is 3. The second-order valence-electron chi connectivity index (χ2n) is 6.34. The normalized spacial score (nSPS) is 10.8. The lowest BCUT2D eigenvalue weighted by Crippen LogP contribution is -2.27. The van der Waals surface area contributed by atoms with Gasteiger partial charge in [-0.25, -0.2) is 9.37 Å². The minimum Gasteiger partial charge on any atom is -0.322 e. The molecule has 0 bridgehead atoms. The Bertz CT molecular complexity index is 1330. The number of hydrogen-bond donors (Lipinski definition) is 1. The van der Waals surface area contributed by atoms with E-state index in [9.17, 15) is 24.1 Å². The summed E-state index contributed by atoms with van der Waals surface area (Å²) >= 11 is 1.36. The molecule has 0 atom stereocenters. The third kappa shape index (κ3) is 3.80. The molecule has 0 aliphatic heterocycles. The summed E-state index contributed by atoms with van der Waals surface area (Å²) in [6.45, 7) is -0.416. The van der Waals surface area contributed by atoms with Gasteiger partial charge in [-0.05, 0) is 17.7 Å². The van der Waals surface area contributed by atoms with Gasteiger partial charge in [0.1, 0.15) is 17.2 Å². The number of nitro benzene ring substituents is 1. The number of thiophene rings is 1. The van der Waals surface area contributed by atoms with Gasteiger partial charge < -0.3 is 5.32 Å². The number of carbonyl (C=O) groups excluding carboxylic acids is 1. The molecule has 0 aliphatic carbocycles. The fourth-order valence-corrected chi connectivity index (χ4v) is 3.88. The maximum Gasteiger partial charge on any atom is 0.271 e. The first-order valence-corrected chi connectivity index (χ1v) is 9.52. The molecule has 150 valence electrons. The predicted octanol–water partition coefficient (Wildman–Crippen LogP) is 3.81. The first-order valence-electron chi connectivity index (χ1n) is 8.70. The number of rotatable bonds is 5. The van der Waals surface area contributed by atoms with E-state index < -0.39 is 28.8 Å². The standard InChI is InChI=1S/C20H13FN4O4S/c21-15-7-6-13(25(28)29)8-16(15)23-18(26)10-24-11-22-19-14(20(24)27)9-17(30-19)12-4-2-1-3-5-12/h1-9,11H,10H2,(H,23,26). The highest BCUT2D eigenvalue weighted by Gasteiger charge is 2.15. The summed E-state index contributed by atoms with van der Waals surface area (Å²) in [6.07, 6.45) is 1.25. The molecule has 2 aromatic heterocycles. The highest BCUT2D eigenvalue weighted by molar-refractivity contribution is 7.21. The van der Waals surface area contributed by atoms with Crippen molar-refractivity contribution in [2.45, 2.75) is 6.54 Å². The molecule has 4 aromatic rings. The second kappa shape index (κ2) is 7.84.